The summed E-state index contributed by atoms with van der Waals surface area (Å²) in [7, 11) is 0. The molecule has 1 nitrogen and oxygen atoms in total. The normalized spacial score (nSPS) is 30.1. The number of hydrogen-bond acceptors (Lipinski definition) is 1. The predicted molar refractivity (Wildman–Crippen MR) is 67.1 cm³/mol. The molecule has 0 aromatic heterocycles. The van der Waals surface area contributed by atoms with E-state index in [-0.39, 0.29) is 23.9 Å². The topological polar surface area (TPSA) is 17.1 Å². The minimum atomic E-state index is -0.279. The lowest BCUT2D eigenvalue weighted by Gasteiger charge is -2.05. The fourth-order valence-corrected chi connectivity index (χ4v) is 3.60. The molecular formula is C14H14BrFO. The number of carbonyl (C=O) groups excluding carboxylic acids is 1. The van der Waals surface area contributed by atoms with E-state index in [4.69, 9.17) is 0 Å². The Morgan fingerprint density at radius 3 is 2.71 bits per heavy atom. The molecule has 2 fully saturated rings. The van der Waals surface area contributed by atoms with Gasteiger partial charge in [0, 0.05) is 16.8 Å². The van der Waals surface area contributed by atoms with Crippen molar-refractivity contribution in [2.45, 2.75) is 25.7 Å². The second-order valence-electron chi connectivity index (χ2n) is 5.16. The van der Waals surface area contributed by atoms with Gasteiger partial charge in [-0.05, 0) is 42.4 Å². The largest absolute Gasteiger partial charge is 0.299 e. The van der Waals surface area contributed by atoms with Crippen LogP contribution in [0.15, 0.2) is 22.7 Å². The van der Waals surface area contributed by atoms with Crippen molar-refractivity contribution in [1.82, 2.24) is 0 Å². The molecule has 0 N–H and O–H groups in total. The predicted octanol–water partition coefficient (Wildman–Crippen LogP) is 3.75. The van der Waals surface area contributed by atoms with Gasteiger partial charge < -0.3 is 0 Å². The molecule has 2 aliphatic rings. The molecule has 0 radical (unpaired) electrons. The second kappa shape index (κ2) is 4.20. The summed E-state index contributed by atoms with van der Waals surface area (Å²) in [4.78, 5) is 12.0. The smallest absolute Gasteiger partial charge is 0.141 e. The third kappa shape index (κ3) is 2.05. The van der Waals surface area contributed by atoms with Crippen molar-refractivity contribution in [3.05, 3.63) is 34.1 Å². The molecule has 3 heteroatoms. The fraction of sp³-hybridized carbons (Fsp3) is 0.500. The average molecular weight is 297 g/mol. The third-order valence-corrected chi connectivity index (χ3v) is 4.65. The molecule has 2 atom stereocenters. The highest BCUT2D eigenvalue weighted by Gasteiger charge is 2.55. The van der Waals surface area contributed by atoms with E-state index in [1.54, 1.807) is 12.1 Å². The highest BCUT2D eigenvalue weighted by molar-refractivity contribution is 9.10. The Morgan fingerprint density at radius 1 is 1.35 bits per heavy atom. The van der Waals surface area contributed by atoms with E-state index >= 15 is 0 Å². The maximum absolute atomic E-state index is 13.6. The molecule has 0 spiro atoms. The molecule has 1 aromatic carbocycles. The van der Waals surface area contributed by atoms with E-state index in [0.717, 1.165) is 4.47 Å². The van der Waals surface area contributed by atoms with Crippen LogP contribution in [0, 0.1) is 23.6 Å². The Hall–Kier alpha value is -0.700. The zero-order valence-corrected chi connectivity index (χ0v) is 11.0. The Bertz CT molecular complexity index is 461. The zero-order valence-electron chi connectivity index (χ0n) is 9.46. The molecule has 0 bridgehead atoms. The lowest BCUT2D eigenvalue weighted by atomic mass is 10.0. The summed E-state index contributed by atoms with van der Waals surface area (Å²) in [5.41, 5.74) is 0.531. The standard InChI is InChI=1S/C14H14BrFO/c15-9-5-4-8(12(16)7-9)6-13(17)14-10-2-1-3-11(10)14/h4-5,7,10-11,14H,1-3,6H2. The quantitative estimate of drug-likeness (QED) is 0.830. The summed E-state index contributed by atoms with van der Waals surface area (Å²) >= 11 is 3.22. The van der Waals surface area contributed by atoms with E-state index < -0.39 is 0 Å². The number of carbonyl (C=O) groups is 1. The molecule has 0 saturated heterocycles. The Balaban J connectivity index is 1.69. The molecule has 17 heavy (non-hydrogen) atoms. The highest BCUT2D eigenvalue weighted by atomic mass is 79.9. The monoisotopic (exact) mass is 296 g/mol. The van der Waals surface area contributed by atoms with Crippen molar-refractivity contribution < 1.29 is 9.18 Å². The van der Waals surface area contributed by atoms with Crippen molar-refractivity contribution in [3.8, 4) is 0 Å². The third-order valence-electron chi connectivity index (χ3n) is 4.16. The van der Waals surface area contributed by atoms with Crippen molar-refractivity contribution in [1.29, 1.82) is 0 Å². The van der Waals surface area contributed by atoms with Crippen molar-refractivity contribution in [2.24, 2.45) is 17.8 Å². The van der Waals surface area contributed by atoms with Crippen LogP contribution in [-0.4, -0.2) is 5.78 Å². The van der Waals surface area contributed by atoms with E-state index in [1.165, 1.54) is 25.3 Å². The van der Waals surface area contributed by atoms with Crippen LogP contribution in [0.2, 0.25) is 0 Å². The van der Waals surface area contributed by atoms with Crippen LogP contribution in [0.5, 0.6) is 0 Å². The van der Waals surface area contributed by atoms with E-state index in [0.29, 0.717) is 17.4 Å². The zero-order chi connectivity index (χ0) is 12.0. The summed E-state index contributed by atoms with van der Waals surface area (Å²) in [6.07, 6.45) is 3.93. The first-order valence-corrected chi connectivity index (χ1v) is 6.93. The van der Waals surface area contributed by atoms with Gasteiger partial charge in [-0.3, -0.25) is 4.79 Å². The van der Waals surface area contributed by atoms with Gasteiger partial charge in [-0.15, -0.1) is 0 Å². The number of rotatable bonds is 3. The first-order valence-electron chi connectivity index (χ1n) is 6.13. The lowest BCUT2D eigenvalue weighted by molar-refractivity contribution is -0.120. The molecule has 1 aromatic rings. The van der Waals surface area contributed by atoms with Gasteiger partial charge in [-0.1, -0.05) is 28.4 Å². The minimum Gasteiger partial charge on any atom is -0.299 e. The van der Waals surface area contributed by atoms with Crippen molar-refractivity contribution >= 4 is 21.7 Å². The van der Waals surface area contributed by atoms with Crippen LogP contribution in [0.4, 0.5) is 4.39 Å². The van der Waals surface area contributed by atoms with Gasteiger partial charge in [0.15, 0.2) is 0 Å². The van der Waals surface area contributed by atoms with Crippen LogP contribution in [0.1, 0.15) is 24.8 Å². The number of benzene rings is 1. The maximum atomic E-state index is 13.6. The van der Waals surface area contributed by atoms with Crippen LogP contribution < -0.4 is 0 Å². The molecule has 3 rings (SSSR count). The number of halogens is 2. The minimum absolute atomic E-state index is 0.237. The molecule has 0 amide bonds. The summed E-state index contributed by atoms with van der Waals surface area (Å²) in [6.45, 7) is 0. The van der Waals surface area contributed by atoms with Gasteiger partial charge in [0.1, 0.15) is 11.6 Å². The average Bonchev–Trinajstić information content (AvgIpc) is 2.77. The molecule has 0 aliphatic heterocycles. The number of fused-ring (bicyclic) bond motifs is 1. The molecule has 0 heterocycles. The van der Waals surface area contributed by atoms with Gasteiger partial charge in [0.05, 0.1) is 0 Å². The second-order valence-corrected chi connectivity index (χ2v) is 6.08. The molecule has 2 saturated carbocycles. The van der Waals surface area contributed by atoms with E-state index in [9.17, 15) is 9.18 Å². The fourth-order valence-electron chi connectivity index (χ4n) is 3.27. The van der Waals surface area contributed by atoms with Gasteiger partial charge in [0.2, 0.25) is 0 Å². The van der Waals surface area contributed by atoms with Gasteiger partial charge in [-0.25, -0.2) is 4.39 Å². The van der Waals surface area contributed by atoms with Gasteiger partial charge in [-0.2, -0.15) is 0 Å². The number of hydrogen-bond donors (Lipinski definition) is 0. The molecule has 2 unspecified atom stereocenters. The molecular weight excluding hydrogens is 283 g/mol. The van der Waals surface area contributed by atoms with E-state index in [1.807, 2.05) is 0 Å². The number of Topliss-reactive ketones (excluding diaryl/α,β-unsaturated/α-hetero) is 1. The lowest BCUT2D eigenvalue weighted by Crippen LogP contribution is -2.10. The molecule has 2 aliphatic carbocycles. The van der Waals surface area contributed by atoms with Gasteiger partial charge in [0.25, 0.3) is 0 Å². The summed E-state index contributed by atoms with van der Waals surface area (Å²) in [5, 5.41) is 0. The first-order chi connectivity index (χ1) is 8.16. The van der Waals surface area contributed by atoms with Crippen LogP contribution >= 0.6 is 15.9 Å². The summed E-state index contributed by atoms with van der Waals surface area (Å²) < 4.78 is 14.3. The summed E-state index contributed by atoms with van der Waals surface area (Å²) in [5.74, 6) is 1.45. The molecule has 90 valence electrons. The SMILES string of the molecule is O=C(Cc1ccc(Br)cc1F)C1C2CCCC21. The van der Waals surface area contributed by atoms with E-state index in [2.05, 4.69) is 15.9 Å². The summed E-state index contributed by atoms with van der Waals surface area (Å²) in [6, 6.07) is 4.92. The Morgan fingerprint density at radius 2 is 2.06 bits per heavy atom. The Kier molecular flexibility index (Phi) is 2.81. The first kappa shape index (κ1) is 11.4. The van der Waals surface area contributed by atoms with Crippen LogP contribution in [0.3, 0.4) is 0 Å². The van der Waals surface area contributed by atoms with Crippen molar-refractivity contribution in [3.63, 3.8) is 0 Å². The highest BCUT2D eigenvalue weighted by Crippen LogP contribution is 2.58. The van der Waals surface area contributed by atoms with Crippen LogP contribution in [-0.2, 0) is 11.2 Å². The van der Waals surface area contributed by atoms with Crippen LogP contribution in [0.25, 0.3) is 0 Å². The number of ketones is 1. The maximum Gasteiger partial charge on any atom is 0.141 e. The van der Waals surface area contributed by atoms with Crippen molar-refractivity contribution in [2.75, 3.05) is 0 Å². The van der Waals surface area contributed by atoms with Gasteiger partial charge >= 0.3 is 0 Å². The Labute approximate surface area is 109 Å².